The number of non-ortho nitro benzene ring substituents is 1. The van der Waals surface area contributed by atoms with Gasteiger partial charge in [-0.1, -0.05) is 18.2 Å². The zero-order valence-corrected chi connectivity index (χ0v) is 12.8. The summed E-state index contributed by atoms with van der Waals surface area (Å²) in [5.74, 6) is 0. The maximum Gasteiger partial charge on any atom is 0.270 e. The fourth-order valence-corrected chi connectivity index (χ4v) is 3.16. The number of benzene rings is 1. The molecule has 22 heavy (non-hydrogen) atoms. The van der Waals surface area contributed by atoms with Gasteiger partial charge in [-0.25, -0.2) is 4.98 Å². The molecule has 0 fully saturated rings. The molecule has 0 bridgehead atoms. The van der Waals surface area contributed by atoms with Crippen molar-refractivity contribution >= 4 is 39.7 Å². The Hall–Kier alpha value is -2.58. The standard InChI is InChI=1S/C14H10N4O2S2/c19-18(20)11-4-1-3-10(7-11)8-15-17-14-16-12(9-22-14)13-5-2-6-21-13/h1-9H,(H,16,17)/b15-8-. The highest BCUT2D eigenvalue weighted by Crippen LogP contribution is 2.28. The fourth-order valence-electron chi connectivity index (χ4n) is 1.74. The Morgan fingerprint density at radius 2 is 2.18 bits per heavy atom. The summed E-state index contributed by atoms with van der Waals surface area (Å²) in [6.07, 6.45) is 1.53. The summed E-state index contributed by atoms with van der Waals surface area (Å²) in [5.41, 5.74) is 4.44. The topological polar surface area (TPSA) is 80.4 Å². The molecule has 0 aliphatic heterocycles. The van der Waals surface area contributed by atoms with Gasteiger partial charge in [0.1, 0.15) is 0 Å². The van der Waals surface area contributed by atoms with Crippen LogP contribution in [0.1, 0.15) is 5.56 Å². The molecule has 6 nitrogen and oxygen atoms in total. The lowest BCUT2D eigenvalue weighted by Gasteiger charge is -1.95. The van der Waals surface area contributed by atoms with Crippen LogP contribution in [0.5, 0.6) is 0 Å². The van der Waals surface area contributed by atoms with Crippen LogP contribution in [0.3, 0.4) is 0 Å². The molecule has 0 radical (unpaired) electrons. The minimum atomic E-state index is -0.432. The van der Waals surface area contributed by atoms with E-state index in [-0.39, 0.29) is 5.69 Å². The monoisotopic (exact) mass is 330 g/mol. The molecular formula is C14H10N4O2S2. The van der Waals surface area contributed by atoms with E-state index < -0.39 is 4.92 Å². The number of nitro groups is 1. The van der Waals surface area contributed by atoms with Crippen LogP contribution in [0, 0.1) is 10.1 Å². The van der Waals surface area contributed by atoms with Crippen molar-refractivity contribution < 1.29 is 4.92 Å². The second-order valence-corrected chi connectivity index (χ2v) is 6.04. The van der Waals surface area contributed by atoms with Gasteiger partial charge in [0.25, 0.3) is 5.69 Å². The molecule has 0 aliphatic rings. The molecule has 2 heterocycles. The molecule has 1 aromatic carbocycles. The second kappa shape index (κ2) is 6.46. The van der Waals surface area contributed by atoms with E-state index in [2.05, 4.69) is 15.5 Å². The molecule has 110 valence electrons. The van der Waals surface area contributed by atoms with E-state index in [4.69, 9.17) is 0 Å². The molecule has 2 aromatic heterocycles. The maximum absolute atomic E-state index is 10.7. The molecule has 0 saturated carbocycles. The van der Waals surface area contributed by atoms with Crippen LogP contribution in [-0.2, 0) is 0 Å². The molecule has 0 spiro atoms. The third-order valence-electron chi connectivity index (χ3n) is 2.73. The van der Waals surface area contributed by atoms with Crippen molar-refractivity contribution in [3.8, 4) is 10.6 Å². The van der Waals surface area contributed by atoms with Gasteiger partial charge in [0, 0.05) is 23.1 Å². The van der Waals surface area contributed by atoms with Crippen LogP contribution in [0.25, 0.3) is 10.6 Å². The van der Waals surface area contributed by atoms with Crippen molar-refractivity contribution in [1.29, 1.82) is 0 Å². The first-order chi connectivity index (χ1) is 10.7. The summed E-state index contributed by atoms with van der Waals surface area (Å²) in [7, 11) is 0. The second-order valence-electron chi connectivity index (χ2n) is 4.24. The predicted octanol–water partition coefficient (Wildman–Crippen LogP) is 4.23. The van der Waals surface area contributed by atoms with E-state index >= 15 is 0 Å². The summed E-state index contributed by atoms with van der Waals surface area (Å²) in [5, 5.41) is 19.4. The Bertz CT molecular complexity index is 812. The van der Waals surface area contributed by atoms with Crippen LogP contribution in [0.4, 0.5) is 10.8 Å². The number of hydrazone groups is 1. The van der Waals surface area contributed by atoms with Crippen molar-refractivity contribution in [2.24, 2.45) is 5.10 Å². The van der Waals surface area contributed by atoms with Crippen LogP contribution in [0.15, 0.2) is 52.3 Å². The number of nitrogens with zero attached hydrogens (tertiary/aromatic N) is 3. The van der Waals surface area contributed by atoms with E-state index in [9.17, 15) is 10.1 Å². The van der Waals surface area contributed by atoms with Gasteiger partial charge in [0.15, 0.2) is 0 Å². The van der Waals surface area contributed by atoms with E-state index in [1.165, 1.54) is 29.7 Å². The van der Waals surface area contributed by atoms with Crippen molar-refractivity contribution in [2.45, 2.75) is 0 Å². The normalized spacial score (nSPS) is 10.9. The molecule has 0 amide bonds. The number of hydrogen-bond acceptors (Lipinski definition) is 7. The molecule has 0 saturated heterocycles. The van der Waals surface area contributed by atoms with Gasteiger partial charge in [-0.15, -0.1) is 22.7 Å². The first-order valence-electron chi connectivity index (χ1n) is 6.25. The van der Waals surface area contributed by atoms with Crippen LogP contribution in [-0.4, -0.2) is 16.1 Å². The number of thiophene rings is 1. The Labute approximate surface area is 133 Å². The third-order valence-corrected chi connectivity index (χ3v) is 4.37. The van der Waals surface area contributed by atoms with Crippen molar-refractivity contribution in [3.05, 3.63) is 62.8 Å². The number of aromatic nitrogens is 1. The zero-order valence-electron chi connectivity index (χ0n) is 11.2. The van der Waals surface area contributed by atoms with Gasteiger partial charge in [-0.05, 0) is 11.4 Å². The predicted molar refractivity (Wildman–Crippen MR) is 89.7 cm³/mol. The Morgan fingerprint density at radius 3 is 2.95 bits per heavy atom. The van der Waals surface area contributed by atoms with Crippen LogP contribution < -0.4 is 5.43 Å². The van der Waals surface area contributed by atoms with Gasteiger partial charge >= 0.3 is 0 Å². The van der Waals surface area contributed by atoms with Crippen molar-refractivity contribution in [3.63, 3.8) is 0 Å². The molecule has 0 aliphatic carbocycles. The highest BCUT2D eigenvalue weighted by atomic mass is 32.1. The first-order valence-corrected chi connectivity index (χ1v) is 8.01. The minimum absolute atomic E-state index is 0.0400. The largest absolute Gasteiger partial charge is 0.270 e. The van der Waals surface area contributed by atoms with Gasteiger partial charge in [-0.2, -0.15) is 5.10 Å². The van der Waals surface area contributed by atoms with E-state index in [1.807, 2.05) is 22.9 Å². The average molecular weight is 330 g/mol. The highest BCUT2D eigenvalue weighted by Gasteiger charge is 2.05. The summed E-state index contributed by atoms with van der Waals surface area (Å²) >= 11 is 3.08. The number of nitrogens with one attached hydrogen (secondary N) is 1. The smallest absolute Gasteiger partial charge is 0.258 e. The SMILES string of the molecule is O=[N+]([O-])c1cccc(/C=N\Nc2nc(-c3cccs3)cs2)c1. The quantitative estimate of drug-likeness (QED) is 0.431. The molecule has 8 heteroatoms. The molecule has 0 atom stereocenters. The molecular weight excluding hydrogens is 320 g/mol. The Morgan fingerprint density at radius 1 is 1.27 bits per heavy atom. The minimum Gasteiger partial charge on any atom is -0.258 e. The van der Waals surface area contributed by atoms with E-state index in [0.717, 1.165) is 10.6 Å². The lowest BCUT2D eigenvalue weighted by Crippen LogP contribution is -1.92. The number of anilines is 1. The molecule has 0 unspecified atom stereocenters. The average Bonchev–Trinajstić information content (AvgIpc) is 3.18. The van der Waals surface area contributed by atoms with Gasteiger partial charge in [0.05, 0.1) is 21.7 Å². The molecule has 1 N–H and O–H groups in total. The Balaban J connectivity index is 1.67. The van der Waals surface area contributed by atoms with Crippen LogP contribution >= 0.6 is 22.7 Å². The van der Waals surface area contributed by atoms with Gasteiger partial charge < -0.3 is 0 Å². The number of rotatable bonds is 5. The number of nitro benzene ring substituents is 1. The maximum atomic E-state index is 10.7. The first kappa shape index (κ1) is 14.4. The van der Waals surface area contributed by atoms with Gasteiger partial charge in [-0.3, -0.25) is 15.5 Å². The summed E-state index contributed by atoms with van der Waals surface area (Å²) in [6.45, 7) is 0. The summed E-state index contributed by atoms with van der Waals surface area (Å²) in [6, 6.07) is 10.3. The molecule has 3 aromatic rings. The summed E-state index contributed by atoms with van der Waals surface area (Å²) in [4.78, 5) is 15.8. The number of hydrogen-bond donors (Lipinski definition) is 1. The lowest BCUT2D eigenvalue weighted by atomic mass is 10.2. The van der Waals surface area contributed by atoms with E-state index in [0.29, 0.717) is 10.7 Å². The zero-order chi connectivity index (χ0) is 15.4. The highest BCUT2D eigenvalue weighted by molar-refractivity contribution is 7.15. The van der Waals surface area contributed by atoms with Crippen LogP contribution in [0.2, 0.25) is 0 Å². The number of thiazole rings is 1. The Kier molecular flexibility index (Phi) is 4.22. The fraction of sp³-hybridized carbons (Fsp3) is 0. The van der Waals surface area contributed by atoms with Gasteiger partial charge in [0.2, 0.25) is 5.13 Å². The molecule has 3 rings (SSSR count). The summed E-state index contributed by atoms with van der Waals surface area (Å²) < 4.78 is 0. The van der Waals surface area contributed by atoms with E-state index in [1.54, 1.807) is 23.5 Å². The third kappa shape index (κ3) is 3.35. The van der Waals surface area contributed by atoms with Crippen molar-refractivity contribution in [1.82, 2.24) is 4.98 Å². The lowest BCUT2D eigenvalue weighted by molar-refractivity contribution is -0.384. The van der Waals surface area contributed by atoms with Crippen molar-refractivity contribution in [2.75, 3.05) is 5.43 Å².